The second-order valence-electron chi connectivity index (χ2n) is 5.66. The normalized spacial score (nSPS) is 17.6. The highest BCUT2D eigenvalue weighted by molar-refractivity contribution is 7.20. The number of hydrogen-bond donors (Lipinski definition) is 1. The molecule has 1 heterocycles. The topological polar surface area (TPSA) is 29.1 Å². The standard InChI is InChI=1S/C17H21NOS/c19-17(18-14-9-4-2-1-3-5-10-14)16-12-13-8-6-7-11-15(13)20-16/h6-8,11-12,14H,1-5,9-10H2,(H,18,19). The molecule has 1 aromatic heterocycles. The number of nitrogens with one attached hydrogen (secondary N) is 1. The zero-order chi connectivity index (χ0) is 13.8. The largest absolute Gasteiger partial charge is 0.349 e. The van der Waals surface area contributed by atoms with Crippen molar-refractivity contribution in [3.63, 3.8) is 0 Å². The molecule has 0 saturated heterocycles. The molecule has 1 fully saturated rings. The third-order valence-electron chi connectivity index (χ3n) is 4.09. The Morgan fingerprint density at radius 1 is 1.05 bits per heavy atom. The van der Waals surface area contributed by atoms with Crippen LogP contribution in [0.15, 0.2) is 30.3 Å². The average molecular weight is 287 g/mol. The molecule has 1 aliphatic carbocycles. The molecule has 0 unspecified atom stereocenters. The number of carbonyl (C=O) groups is 1. The molecule has 0 spiro atoms. The smallest absolute Gasteiger partial charge is 0.261 e. The summed E-state index contributed by atoms with van der Waals surface area (Å²) in [5, 5.41) is 4.40. The van der Waals surface area contributed by atoms with Gasteiger partial charge >= 0.3 is 0 Å². The zero-order valence-corrected chi connectivity index (χ0v) is 12.5. The van der Waals surface area contributed by atoms with Crippen LogP contribution in [0.4, 0.5) is 0 Å². The summed E-state index contributed by atoms with van der Waals surface area (Å²) in [5.74, 6) is 0.108. The van der Waals surface area contributed by atoms with Gasteiger partial charge in [-0.05, 0) is 30.4 Å². The van der Waals surface area contributed by atoms with E-state index in [0.717, 1.165) is 17.7 Å². The number of benzene rings is 1. The highest BCUT2D eigenvalue weighted by Gasteiger charge is 2.16. The molecule has 3 rings (SSSR count). The van der Waals surface area contributed by atoms with Crippen molar-refractivity contribution in [2.24, 2.45) is 0 Å². The Labute approximate surface area is 124 Å². The Morgan fingerprint density at radius 3 is 2.50 bits per heavy atom. The molecule has 1 aliphatic rings. The molecule has 0 radical (unpaired) electrons. The summed E-state index contributed by atoms with van der Waals surface area (Å²) in [6, 6.07) is 10.6. The highest BCUT2D eigenvalue weighted by atomic mass is 32.1. The Hall–Kier alpha value is -1.35. The zero-order valence-electron chi connectivity index (χ0n) is 11.7. The van der Waals surface area contributed by atoms with E-state index in [9.17, 15) is 4.79 Å². The Balaban J connectivity index is 1.68. The lowest BCUT2D eigenvalue weighted by molar-refractivity contribution is 0.0934. The first kappa shape index (κ1) is 13.6. The van der Waals surface area contributed by atoms with Crippen LogP contribution in [0.25, 0.3) is 10.1 Å². The van der Waals surface area contributed by atoms with Gasteiger partial charge in [-0.3, -0.25) is 4.79 Å². The third-order valence-corrected chi connectivity index (χ3v) is 5.20. The van der Waals surface area contributed by atoms with Gasteiger partial charge in [0.15, 0.2) is 0 Å². The molecule has 1 aromatic carbocycles. The summed E-state index contributed by atoms with van der Waals surface area (Å²) >= 11 is 1.59. The van der Waals surface area contributed by atoms with Crippen LogP contribution >= 0.6 is 11.3 Å². The second kappa shape index (κ2) is 6.40. The fraction of sp³-hybridized carbons (Fsp3) is 0.471. The maximum Gasteiger partial charge on any atom is 0.261 e. The van der Waals surface area contributed by atoms with Crippen molar-refractivity contribution in [3.8, 4) is 0 Å². The Kier molecular flexibility index (Phi) is 4.36. The van der Waals surface area contributed by atoms with Crippen LogP contribution in [-0.2, 0) is 0 Å². The van der Waals surface area contributed by atoms with Crippen LogP contribution in [0.5, 0.6) is 0 Å². The molecule has 20 heavy (non-hydrogen) atoms. The molecular weight excluding hydrogens is 266 g/mol. The molecule has 1 N–H and O–H groups in total. The molecule has 2 aromatic rings. The number of amides is 1. The number of hydrogen-bond acceptors (Lipinski definition) is 2. The quantitative estimate of drug-likeness (QED) is 0.849. The molecule has 1 amide bonds. The molecule has 0 bridgehead atoms. The maximum absolute atomic E-state index is 12.4. The van der Waals surface area contributed by atoms with Crippen LogP contribution in [0.2, 0.25) is 0 Å². The lowest BCUT2D eigenvalue weighted by atomic mass is 9.97. The van der Waals surface area contributed by atoms with Crippen molar-refractivity contribution >= 4 is 27.3 Å². The number of carbonyl (C=O) groups excluding carboxylic acids is 1. The van der Waals surface area contributed by atoms with Gasteiger partial charge in [-0.2, -0.15) is 0 Å². The third kappa shape index (κ3) is 3.21. The minimum absolute atomic E-state index is 0.108. The average Bonchev–Trinajstić information content (AvgIpc) is 2.85. The van der Waals surface area contributed by atoms with Crippen molar-refractivity contribution in [3.05, 3.63) is 35.2 Å². The van der Waals surface area contributed by atoms with Gasteiger partial charge in [0.25, 0.3) is 5.91 Å². The molecule has 0 aliphatic heterocycles. The Morgan fingerprint density at radius 2 is 1.75 bits per heavy atom. The van der Waals surface area contributed by atoms with Crippen molar-refractivity contribution in [2.75, 3.05) is 0 Å². The SMILES string of the molecule is O=C(NC1CCCCCCC1)c1cc2ccccc2s1. The molecule has 3 heteroatoms. The number of rotatable bonds is 2. The van der Waals surface area contributed by atoms with E-state index in [2.05, 4.69) is 17.4 Å². The predicted molar refractivity (Wildman–Crippen MR) is 85.4 cm³/mol. The fourth-order valence-electron chi connectivity index (χ4n) is 2.95. The summed E-state index contributed by atoms with van der Waals surface area (Å²) in [6.45, 7) is 0. The van der Waals surface area contributed by atoms with Crippen LogP contribution in [0.3, 0.4) is 0 Å². The van der Waals surface area contributed by atoms with E-state index in [1.165, 1.54) is 42.2 Å². The van der Waals surface area contributed by atoms with Crippen molar-refractivity contribution in [1.82, 2.24) is 5.32 Å². The molecule has 1 saturated carbocycles. The highest BCUT2D eigenvalue weighted by Crippen LogP contribution is 2.25. The molecular formula is C17H21NOS. The van der Waals surface area contributed by atoms with E-state index in [-0.39, 0.29) is 5.91 Å². The Bertz CT molecular complexity index is 548. The first-order chi connectivity index (χ1) is 9.83. The van der Waals surface area contributed by atoms with E-state index in [0.29, 0.717) is 6.04 Å². The van der Waals surface area contributed by atoms with Crippen molar-refractivity contribution < 1.29 is 4.79 Å². The lowest BCUT2D eigenvalue weighted by Crippen LogP contribution is -2.34. The maximum atomic E-state index is 12.4. The van der Waals surface area contributed by atoms with E-state index >= 15 is 0 Å². The first-order valence-electron chi connectivity index (χ1n) is 7.62. The van der Waals surface area contributed by atoms with Crippen LogP contribution < -0.4 is 5.32 Å². The molecule has 2 nitrogen and oxygen atoms in total. The molecule has 0 atom stereocenters. The summed E-state index contributed by atoms with van der Waals surface area (Å²) < 4.78 is 1.19. The van der Waals surface area contributed by atoms with E-state index in [1.54, 1.807) is 11.3 Å². The van der Waals surface area contributed by atoms with Crippen LogP contribution in [0.1, 0.15) is 54.6 Å². The van der Waals surface area contributed by atoms with Gasteiger partial charge in [0.2, 0.25) is 0 Å². The minimum Gasteiger partial charge on any atom is -0.349 e. The second-order valence-corrected chi connectivity index (χ2v) is 6.75. The van der Waals surface area contributed by atoms with E-state index in [4.69, 9.17) is 0 Å². The summed E-state index contributed by atoms with van der Waals surface area (Å²) in [5.41, 5.74) is 0. The van der Waals surface area contributed by atoms with E-state index < -0.39 is 0 Å². The van der Waals surface area contributed by atoms with Gasteiger partial charge in [0.1, 0.15) is 0 Å². The summed E-state index contributed by atoms with van der Waals surface area (Å²) in [7, 11) is 0. The van der Waals surface area contributed by atoms with Gasteiger partial charge in [0, 0.05) is 10.7 Å². The van der Waals surface area contributed by atoms with Crippen LogP contribution in [0, 0.1) is 0 Å². The van der Waals surface area contributed by atoms with Crippen LogP contribution in [-0.4, -0.2) is 11.9 Å². The van der Waals surface area contributed by atoms with Gasteiger partial charge < -0.3 is 5.32 Å². The monoisotopic (exact) mass is 287 g/mol. The predicted octanol–water partition coefficient (Wildman–Crippen LogP) is 4.74. The number of fused-ring (bicyclic) bond motifs is 1. The van der Waals surface area contributed by atoms with E-state index in [1.807, 2.05) is 18.2 Å². The van der Waals surface area contributed by atoms with Gasteiger partial charge in [-0.15, -0.1) is 11.3 Å². The fourth-order valence-corrected chi connectivity index (χ4v) is 3.92. The van der Waals surface area contributed by atoms with Crippen molar-refractivity contribution in [1.29, 1.82) is 0 Å². The van der Waals surface area contributed by atoms with Gasteiger partial charge in [-0.25, -0.2) is 0 Å². The molecule has 106 valence electrons. The minimum atomic E-state index is 0.108. The number of thiophene rings is 1. The summed E-state index contributed by atoms with van der Waals surface area (Å²) in [4.78, 5) is 13.2. The van der Waals surface area contributed by atoms with Gasteiger partial charge in [0.05, 0.1) is 4.88 Å². The van der Waals surface area contributed by atoms with Crippen molar-refractivity contribution in [2.45, 2.75) is 51.0 Å². The first-order valence-corrected chi connectivity index (χ1v) is 8.44. The lowest BCUT2D eigenvalue weighted by Gasteiger charge is -2.20. The summed E-state index contributed by atoms with van der Waals surface area (Å²) in [6.07, 6.45) is 8.75. The van der Waals surface area contributed by atoms with Gasteiger partial charge in [-0.1, -0.05) is 50.3 Å².